The average molecular weight is 315 g/mol. The normalized spacial score (nSPS) is 12.4. The lowest BCUT2D eigenvalue weighted by molar-refractivity contribution is 0.421. The summed E-state index contributed by atoms with van der Waals surface area (Å²) in [6.45, 7) is 11.6. The highest BCUT2D eigenvalue weighted by atomic mass is 15.1. The highest BCUT2D eigenvalue weighted by molar-refractivity contribution is 5.35. The molecule has 2 N–H and O–H groups in total. The quantitative estimate of drug-likeness (QED) is 0.860. The van der Waals surface area contributed by atoms with Gasteiger partial charge in [0.25, 0.3) is 0 Å². The molecule has 0 spiro atoms. The second-order valence-electron chi connectivity index (χ2n) is 7.87. The van der Waals surface area contributed by atoms with Crippen molar-refractivity contribution in [3.63, 3.8) is 0 Å². The molecule has 0 atom stereocenters. The Morgan fingerprint density at radius 1 is 1.09 bits per heavy atom. The van der Waals surface area contributed by atoms with Crippen LogP contribution in [0.1, 0.15) is 45.9 Å². The van der Waals surface area contributed by atoms with E-state index >= 15 is 0 Å². The maximum atomic E-state index is 4.57. The highest BCUT2D eigenvalue weighted by Crippen LogP contribution is 2.18. The van der Waals surface area contributed by atoms with Crippen molar-refractivity contribution in [2.45, 2.75) is 58.7 Å². The van der Waals surface area contributed by atoms with Crippen molar-refractivity contribution in [1.29, 1.82) is 0 Å². The van der Waals surface area contributed by atoms with E-state index in [4.69, 9.17) is 0 Å². The molecule has 0 aromatic carbocycles. The van der Waals surface area contributed by atoms with Crippen LogP contribution in [0, 0.1) is 0 Å². The van der Waals surface area contributed by atoms with E-state index in [2.05, 4.69) is 67.4 Å². The van der Waals surface area contributed by atoms with Crippen LogP contribution in [0.25, 0.3) is 0 Å². The summed E-state index contributed by atoms with van der Waals surface area (Å²) in [4.78, 5) is 8.90. The van der Waals surface area contributed by atoms with E-state index in [9.17, 15) is 0 Å². The molecule has 2 aromatic heterocycles. The number of imidazole rings is 1. The van der Waals surface area contributed by atoms with Crippen LogP contribution in [-0.2, 0) is 20.0 Å². The largest absolute Gasteiger partial charge is 0.364 e. The van der Waals surface area contributed by atoms with Crippen LogP contribution in [-0.4, -0.2) is 25.6 Å². The summed E-state index contributed by atoms with van der Waals surface area (Å²) < 4.78 is 1.94. The fraction of sp³-hybridized carbons (Fsp3) is 0.556. The van der Waals surface area contributed by atoms with Crippen molar-refractivity contribution < 1.29 is 0 Å². The first-order valence-corrected chi connectivity index (χ1v) is 8.08. The van der Waals surface area contributed by atoms with Gasteiger partial charge >= 0.3 is 0 Å². The van der Waals surface area contributed by atoms with Gasteiger partial charge in [0.1, 0.15) is 5.82 Å². The van der Waals surface area contributed by atoms with Gasteiger partial charge in [-0.1, -0.05) is 6.07 Å². The molecule has 2 aromatic rings. The Balaban J connectivity index is 1.94. The second-order valence-corrected chi connectivity index (χ2v) is 7.87. The monoisotopic (exact) mass is 315 g/mol. The molecule has 0 aliphatic rings. The Kier molecular flexibility index (Phi) is 5.09. The van der Waals surface area contributed by atoms with Crippen LogP contribution in [0.4, 0.5) is 5.82 Å². The zero-order chi connectivity index (χ0) is 17.1. The topological polar surface area (TPSA) is 54.8 Å². The maximum absolute atomic E-state index is 4.57. The Morgan fingerprint density at radius 2 is 1.83 bits per heavy atom. The first-order chi connectivity index (χ1) is 10.6. The minimum atomic E-state index is -0.0821. The molecule has 5 nitrogen and oxygen atoms in total. The molecule has 2 heterocycles. The predicted molar refractivity (Wildman–Crippen MR) is 95.4 cm³/mol. The molecule has 0 amide bonds. The molecule has 0 fully saturated rings. The number of hydrogen-bond acceptors (Lipinski definition) is 4. The molecule has 0 aliphatic heterocycles. The van der Waals surface area contributed by atoms with E-state index in [1.807, 2.05) is 24.0 Å². The van der Waals surface area contributed by atoms with Crippen LogP contribution >= 0.6 is 0 Å². The van der Waals surface area contributed by atoms with E-state index in [1.54, 1.807) is 6.33 Å². The Labute approximate surface area is 139 Å². The molecule has 5 heteroatoms. The molecule has 0 bridgehead atoms. The fourth-order valence-electron chi connectivity index (χ4n) is 2.40. The van der Waals surface area contributed by atoms with E-state index in [0.29, 0.717) is 0 Å². The summed E-state index contributed by atoms with van der Waals surface area (Å²) >= 11 is 0. The van der Waals surface area contributed by atoms with Crippen LogP contribution in [0.2, 0.25) is 0 Å². The summed E-state index contributed by atoms with van der Waals surface area (Å²) in [5.74, 6) is 0.899. The van der Waals surface area contributed by atoms with Gasteiger partial charge in [0, 0.05) is 37.1 Å². The fourth-order valence-corrected chi connectivity index (χ4v) is 2.40. The number of hydrogen-bond donors (Lipinski definition) is 2. The molecule has 0 aliphatic carbocycles. The van der Waals surface area contributed by atoms with Gasteiger partial charge in [-0.2, -0.15) is 0 Å². The van der Waals surface area contributed by atoms with Gasteiger partial charge < -0.3 is 15.2 Å². The van der Waals surface area contributed by atoms with Crippen molar-refractivity contribution in [2.24, 2.45) is 7.05 Å². The summed E-state index contributed by atoms with van der Waals surface area (Å²) in [6.07, 6.45) is 6.66. The first-order valence-electron chi connectivity index (χ1n) is 8.08. The van der Waals surface area contributed by atoms with Crippen molar-refractivity contribution in [1.82, 2.24) is 19.9 Å². The van der Waals surface area contributed by atoms with Gasteiger partial charge in [-0.25, -0.2) is 4.98 Å². The zero-order valence-electron chi connectivity index (χ0n) is 15.1. The van der Waals surface area contributed by atoms with Gasteiger partial charge in [-0.05, 0) is 52.7 Å². The van der Waals surface area contributed by atoms with Crippen molar-refractivity contribution in [2.75, 3.05) is 5.32 Å². The molecule has 0 saturated heterocycles. The first kappa shape index (κ1) is 17.5. The number of rotatable bonds is 6. The summed E-state index contributed by atoms with van der Waals surface area (Å²) in [5, 5.41) is 6.93. The van der Waals surface area contributed by atoms with E-state index < -0.39 is 0 Å². The third kappa shape index (κ3) is 6.02. The van der Waals surface area contributed by atoms with Gasteiger partial charge in [0.15, 0.2) is 0 Å². The molecule has 0 radical (unpaired) electrons. The molecule has 0 saturated carbocycles. The van der Waals surface area contributed by atoms with Crippen LogP contribution in [0.15, 0.2) is 30.9 Å². The molecule has 2 rings (SSSR count). The average Bonchev–Trinajstić information content (AvgIpc) is 2.81. The van der Waals surface area contributed by atoms with Gasteiger partial charge in [-0.15, -0.1) is 0 Å². The molecular weight excluding hydrogens is 286 g/mol. The third-order valence-corrected chi connectivity index (χ3v) is 3.50. The number of nitrogens with zero attached hydrogens (tertiary/aromatic N) is 3. The maximum Gasteiger partial charge on any atom is 0.144 e. The standard InChI is InChI=1S/C18H29N5/c1-17(2,3)21-11-15-8-7-14(10-19-15)9-18(4,5)22-16-12-23(6)13-20-16/h7-8,10,12-13,21-22H,9,11H2,1-6H3. The minimum Gasteiger partial charge on any atom is -0.364 e. The third-order valence-electron chi connectivity index (χ3n) is 3.50. The second kappa shape index (κ2) is 6.71. The number of nitrogens with one attached hydrogen (secondary N) is 2. The Bertz CT molecular complexity index is 620. The van der Waals surface area contributed by atoms with Crippen molar-refractivity contribution >= 4 is 5.82 Å². The molecule has 23 heavy (non-hydrogen) atoms. The van der Waals surface area contributed by atoms with Gasteiger partial charge in [0.05, 0.1) is 12.0 Å². The lowest BCUT2D eigenvalue weighted by Gasteiger charge is -2.26. The summed E-state index contributed by atoms with van der Waals surface area (Å²) in [7, 11) is 1.97. The van der Waals surface area contributed by atoms with Gasteiger partial charge in [0.2, 0.25) is 0 Å². The van der Waals surface area contributed by atoms with Crippen LogP contribution in [0.3, 0.4) is 0 Å². The zero-order valence-corrected chi connectivity index (χ0v) is 15.1. The van der Waals surface area contributed by atoms with Crippen molar-refractivity contribution in [3.05, 3.63) is 42.1 Å². The number of aromatic nitrogens is 3. The lowest BCUT2D eigenvalue weighted by atomic mass is 9.96. The number of pyridine rings is 1. The molecular formula is C18H29N5. The minimum absolute atomic E-state index is 0.0821. The Hall–Kier alpha value is -1.88. The van der Waals surface area contributed by atoms with E-state index in [1.165, 1.54) is 5.56 Å². The number of anilines is 1. The van der Waals surface area contributed by atoms with Crippen LogP contribution in [0.5, 0.6) is 0 Å². The van der Waals surface area contributed by atoms with E-state index in [0.717, 1.165) is 24.5 Å². The van der Waals surface area contributed by atoms with Crippen LogP contribution < -0.4 is 10.6 Å². The smallest absolute Gasteiger partial charge is 0.144 e. The Morgan fingerprint density at radius 3 is 2.35 bits per heavy atom. The predicted octanol–water partition coefficient (Wildman–Crippen LogP) is 3.14. The lowest BCUT2D eigenvalue weighted by Crippen LogP contribution is -2.35. The van der Waals surface area contributed by atoms with E-state index in [-0.39, 0.29) is 11.1 Å². The summed E-state index contributed by atoms with van der Waals surface area (Å²) in [5.41, 5.74) is 2.31. The highest BCUT2D eigenvalue weighted by Gasteiger charge is 2.19. The molecule has 0 unspecified atom stereocenters. The number of aryl methyl sites for hydroxylation is 1. The summed E-state index contributed by atoms with van der Waals surface area (Å²) in [6, 6.07) is 4.26. The van der Waals surface area contributed by atoms with Gasteiger partial charge in [-0.3, -0.25) is 4.98 Å². The molecule has 126 valence electrons. The van der Waals surface area contributed by atoms with Crippen molar-refractivity contribution in [3.8, 4) is 0 Å². The SMILES string of the molecule is Cn1cnc(NC(C)(C)Cc2ccc(CNC(C)(C)C)nc2)c1.